The highest BCUT2D eigenvalue weighted by Crippen LogP contribution is 2.29. The zero-order chi connectivity index (χ0) is 17.8. The molecule has 0 amide bonds. The summed E-state index contributed by atoms with van der Waals surface area (Å²) in [6.07, 6.45) is 4.05. The van der Waals surface area contributed by atoms with Gasteiger partial charge in [-0.3, -0.25) is 9.88 Å². The molecule has 2 heterocycles. The molecule has 0 aliphatic carbocycles. The van der Waals surface area contributed by atoms with Crippen molar-refractivity contribution in [3.05, 3.63) is 77.2 Å². The zero-order valence-corrected chi connectivity index (χ0v) is 14.0. The van der Waals surface area contributed by atoms with Crippen LogP contribution in [0.1, 0.15) is 35.8 Å². The topological polar surface area (TPSA) is 55.1 Å². The van der Waals surface area contributed by atoms with E-state index in [1.807, 2.05) is 24.9 Å². The molecule has 3 aromatic rings. The minimum absolute atomic E-state index is 0.333. The zero-order valence-electron chi connectivity index (χ0n) is 14.0. The van der Waals surface area contributed by atoms with Crippen LogP contribution in [-0.2, 0) is 13.0 Å². The van der Waals surface area contributed by atoms with E-state index in [1.165, 1.54) is 6.07 Å². The van der Waals surface area contributed by atoms with Crippen LogP contribution in [0.25, 0.3) is 0 Å². The van der Waals surface area contributed by atoms with Crippen LogP contribution in [0.2, 0.25) is 0 Å². The smallest absolute Gasteiger partial charge is 0.240 e. The molecule has 0 radical (unpaired) electrons. The number of pyridine rings is 1. The van der Waals surface area contributed by atoms with Crippen LogP contribution in [0.3, 0.4) is 0 Å². The van der Waals surface area contributed by atoms with Crippen molar-refractivity contribution < 1.29 is 13.3 Å². The standard InChI is InChI=1S/C18H18F2N4O/c1-3-16-22-17(25-23-16)11-24(2)18(13-5-4-8-21-10-13)12-6-7-14(19)15(20)9-12/h4-10,18H,3,11H2,1-2H3. The van der Waals surface area contributed by atoms with E-state index in [9.17, 15) is 8.78 Å². The second-order valence-corrected chi connectivity index (χ2v) is 5.74. The van der Waals surface area contributed by atoms with Crippen LogP contribution < -0.4 is 0 Å². The van der Waals surface area contributed by atoms with Gasteiger partial charge in [-0.2, -0.15) is 4.98 Å². The average Bonchev–Trinajstić information content (AvgIpc) is 3.07. The van der Waals surface area contributed by atoms with Crippen LogP contribution in [0.15, 0.2) is 47.2 Å². The molecule has 0 aliphatic rings. The first-order chi connectivity index (χ1) is 12.1. The monoisotopic (exact) mass is 344 g/mol. The van der Waals surface area contributed by atoms with Crippen molar-refractivity contribution in [2.24, 2.45) is 0 Å². The number of hydrogen-bond donors (Lipinski definition) is 0. The summed E-state index contributed by atoms with van der Waals surface area (Å²) in [5.74, 6) is -0.656. The van der Waals surface area contributed by atoms with Crippen molar-refractivity contribution in [3.8, 4) is 0 Å². The Morgan fingerprint density at radius 1 is 1.16 bits per heavy atom. The second-order valence-electron chi connectivity index (χ2n) is 5.74. The molecule has 1 atom stereocenters. The molecule has 0 aliphatic heterocycles. The lowest BCUT2D eigenvalue weighted by Crippen LogP contribution is -2.25. The molecule has 0 N–H and O–H groups in total. The Hall–Kier alpha value is -2.67. The number of rotatable bonds is 6. The van der Waals surface area contributed by atoms with Crippen LogP contribution in [0.5, 0.6) is 0 Å². The summed E-state index contributed by atoms with van der Waals surface area (Å²) >= 11 is 0. The predicted molar refractivity (Wildman–Crippen MR) is 87.6 cm³/mol. The van der Waals surface area contributed by atoms with Crippen LogP contribution >= 0.6 is 0 Å². The number of hydrogen-bond acceptors (Lipinski definition) is 5. The van der Waals surface area contributed by atoms with Crippen molar-refractivity contribution in [2.45, 2.75) is 25.9 Å². The van der Waals surface area contributed by atoms with Gasteiger partial charge in [0.05, 0.1) is 12.6 Å². The molecule has 3 rings (SSSR count). The highest BCUT2D eigenvalue weighted by Gasteiger charge is 2.23. The summed E-state index contributed by atoms with van der Waals surface area (Å²) < 4.78 is 32.3. The van der Waals surface area contributed by atoms with Gasteiger partial charge >= 0.3 is 0 Å². The summed E-state index contributed by atoms with van der Waals surface area (Å²) in [5.41, 5.74) is 1.47. The van der Waals surface area contributed by atoms with Gasteiger partial charge in [-0.05, 0) is 36.4 Å². The van der Waals surface area contributed by atoms with Gasteiger partial charge in [-0.25, -0.2) is 8.78 Å². The number of aromatic nitrogens is 3. The molecule has 0 spiro atoms. The Bertz CT molecular complexity index is 838. The Balaban J connectivity index is 1.94. The first-order valence-corrected chi connectivity index (χ1v) is 7.95. The van der Waals surface area contributed by atoms with E-state index in [0.717, 1.165) is 11.6 Å². The SMILES string of the molecule is CCc1noc(CN(C)C(c2cccnc2)c2ccc(F)c(F)c2)n1. The largest absolute Gasteiger partial charge is 0.338 e. The third-order valence-electron chi connectivity index (χ3n) is 3.91. The van der Waals surface area contributed by atoms with E-state index >= 15 is 0 Å². The minimum atomic E-state index is -0.883. The highest BCUT2D eigenvalue weighted by atomic mass is 19.2. The fourth-order valence-corrected chi connectivity index (χ4v) is 2.72. The predicted octanol–water partition coefficient (Wildman–Crippen LogP) is 3.53. The summed E-state index contributed by atoms with van der Waals surface area (Å²) in [4.78, 5) is 10.4. The maximum absolute atomic E-state index is 13.7. The molecule has 1 unspecified atom stereocenters. The summed E-state index contributed by atoms with van der Waals surface area (Å²) in [6, 6.07) is 7.26. The molecule has 25 heavy (non-hydrogen) atoms. The van der Waals surface area contributed by atoms with Gasteiger partial charge < -0.3 is 4.52 Å². The third kappa shape index (κ3) is 3.88. The first kappa shape index (κ1) is 17.2. The molecule has 0 saturated carbocycles. The highest BCUT2D eigenvalue weighted by molar-refractivity contribution is 5.31. The Morgan fingerprint density at radius 3 is 2.64 bits per heavy atom. The van der Waals surface area contributed by atoms with E-state index in [-0.39, 0.29) is 6.04 Å². The van der Waals surface area contributed by atoms with Gasteiger partial charge in [-0.1, -0.05) is 24.2 Å². The summed E-state index contributed by atoms with van der Waals surface area (Å²) in [6.45, 7) is 2.31. The lowest BCUT2D eigenvalue weighted by molar-refractivity contribution is 0.228. The van der Waals surface area contributed by atoms with E-state index in [2.05, 4.69) is 15.1 Å². The molecular weight excluding hydrogens is 326 g/mol. The Kier molecular flexibility index (Phi) is 5.14. The second kappa shape index (κ2) is 7.48. The van der Waals surface area contributed by atoms with E-state index < -0.39 is 11.6 Å². The number of aryl methyl sites for hydroxylation is 1. The minimum Gasteiger partial charge on any atom is -0.338 e. The lowest BCUT2D eigenvalue weighted by Gasteiger charge is -2.27. The Labute approximate surface area is 144 Å². The van der Waals surface area contributed by atoms with Crippen LogP contribution in [0.4, 0.5) is 8.78 Å². The van der Waals surface area contributed by atoms with Gasteiger partial charge in [0.1, 0.15) is 0 Å². The van der Waals surface area contributed by atoms with E-state index in [1.54, 1.807) is 24.5 Å². The molecule has 7 heteroatoms. The van der Waals surface area contributed by atoms with Crippen LogP contribution in [-0.4, -0.2) is 27.1 Å². The summed E-state index contributed by atoms with van der Waals surface area (Å²) in [7, 11) is 1.86. The first-order valence-electron chi connectivity index (χ1n) is 7.95. The van der Waals surface area contributed by atoms with Crippen molar-refractivity contribution in [1.29, 1.82) is 0 Å². The fourth-order valence-electron chi connectivity index (χ4n) is 2.72. The molecule has 0 saturated heterocycles. The Morgan fingerprint density at radius 2 is 2.00 bits per heavy atom. The molecule has 0 fully saturated rings. The normalized spacial score (nSPS) is 12.5. The van der Waals surface area contributed by atoms with E-state index in [4.69, 9.17) is 4.52 Å². The number of halogens is 2. The van der Waals surface area contributed by atoms with Crippen LogP contribution in [0, 0.1) is 11.6 Å². The molecule has 5 nitrogen and oxygen atoms in total. The third-order valence-corrected chi connectivity index (χ3v) is 3.91. The number of nitrogens with zero attached hydrogens (tertiary/aromatic N) is 4. The van der Waals surface area contributed by atoms with Crippen molar-refractivity contribution >= 4 is 0 Å². The molecule has 0 bridgehead atoms. The van der Waals surface area contributed by atoms with E-state index in [0.29, 0.717) is 30.2 Å². The van der Waals surface area contributed by atoms with Gasteiger partial charge in [0.15, 0.2) is 17.5 Å². The molecule has 2 aromatic heterocycles. The van der Waals surface area contributed by atoms with Crippen molar-refractivity contribution in [1.82, 2.24) is 20.0 Å². The van der Waals surface area contributed by atoms with Gasteiger partial charge in [0.2, 0.25) is 5.89 Å². The molecule has 1 aromatic carbocycles. The van der Waals surface area contributed by atoms with Crippen molar-refractivity contribution in [3.63, 3.8) is 0 Å². The average molecular weight is 344 g/mol. The number of benzene rings is 1. The maximum atomic E-state index is 13.7. The fraction of sp³-hybridized carbons (Fsp3) is 0.278. The summed E-state index contributed by atoms with van der Waals surface area (Å²) in [5, 5.41) is 3.88. The molecule has 130 valence electrons. The maximum Gasteiger partial charge on any atom is 0.240 e. The van der Waals surface area contributed by atoms with Gasteiger partial charge in [0, 0.05) is 18.8 Å². The van der Waals surface area contributed by atoms with Gasteiger partial charge in [0.25, 0.3) is 0 Å². The van der Waals surface area contributed by atoms with Crippen molar-refractivity contribution in [2.75, 3.05) is 7.05 Å². The van der Waals surface area contributed by atoms with Gasteiger partial charge in [-0.15, -0.1) is 0 Å². The lowest BCUT2D eigenvalue weighted by atomic mass is 9.98. The quantitative estimate of drug-likeness (QED) is 0.685. The molecular formula is C18H18F2N4O.